The van der Waals surface area contributed by atoms with E-state index in [4.69, 9.17) is 32.5 Å². The van der Waals surface area contributed by atoms with Crippen LogP contribution < -0.4 is 10.1 Å². The topological polar surface area (TPSA) is 47.3 Å². The van der Waals surface area contributed by atoms with Gasteiger partial charge in [-0.25, -0.2) is 0 Å². The molecule has 0 aliphatic rings. The van der Waals surface area contributed by atoms with Gasteiger partial charge in [-0.15, -0.1) is 0 Å². The van der Waals surface area contributed by atoms with E-state index in [0.717, 1.165) is 5.56 Å². The van der Waals surface area contributed by atoms with Crippen molar-refractivity contribution >= 4 is 23.2 Å². The van der Waals surface area contributed by atoms with Crippen LogP contribution in [-0.4, -0.2) is 11.2 Å². The highest BCUT2D eigenvalue weighted by atomic mass is 35.5. The van der Waals surface area contributed by atoms with Crippen LogP contribution in [0.15, 0.2) is 28.9 Å². The fourth-order valence-electron chi connectivity index (χ4n) is 1.68. The molecule has 2 aromatic rings. The Labute approximate surface area is 128 Å². The monoisotopic (exact) mass is 314 g/mol. The normalized spacial score (nSPS) is 11.1. The molecule has 1 aromatic heterocycles. The second-order valence-corrected chi connectivity index (χ2v) is 5.52. The van der Waals surface area contributed by atoms with Gasteiger partial charge in [0, 0.05) is 29.2 Å². The molecule has 0 fully saturated rings. The van der Waals surface area contributed by atoms with Gasteiger partial charge < -0.3 is 14.6 Å². The summed E-state index contributed by atoms with van der Waals surface area (Å²) in [5, 5.41) is 8.02. The van der Waals surface area contributed by atoms with Crippen molar-refractivity contribution in [1.29, 1.82) is 0 Å². The second-order valence-electron chi connectivity index (χ2n) is 4.68. The van der Waals surface area contributed by atoms with Crippen LogP contribution >= 0.6 is 23.2 Å². The highest BCUT2D eigenvalue weighted by Gasteiger charge is 2.12. The molecule has 0 radical (unpaired) electrons. The first kappa shape index (κ1) is 15.2. The van der Waals surface area contributed by atoms with E-state index in [0.29, 0.717) is 34.1 Å². The molecule has 0 aliphatic carbocycles. The number of halogens is 2. The summed E-state index contributed by atoms with van der Waals surface area (Å²) >= 11 is 12.2. The van der Waals surface area contributed by atoms with Crippen LogP contribution in [0.2, 0.25) is 10.0 Å². The summed E-state index contributed by atoms with van der Waals surface area (Å²) in [6.45, 7) is 5.04. The number of rotatable bonds is 6. The van der Waals surface area contributed by atoms with Crippen LogP contribution in [0, 0.1) is 0 Å². The zero-order valence-corrected chi connectivity index (χ0v) is 12.8. The Hall–Kier alpha value is -1.23. The van der Waals surface area contributed by atoms with Gasteiger partial charge in [-0.05, 0) is 12.1 Å². The molecule has 0 saturated heterocycles. The van der Waals surface area contributed by atoms with Crippen LogP contribution in [0.25, 0.3) is 0 Å². The molecular weight excluding hydrogens is 299 g/mol. The standard InChI is InChI=1S/C14H16Cl2N2O2/c1-9(2)17-7-10-5-11(15)6-13(16)14(10)19-8-12-3-4-18-20-12/h3-6,9,17H,7-8H2,1-2H3. The zero-order valence-electron chi connectivity index (χ0n) is 11.3. The molecule has 1 heterocycles. The van der Waals surface area contributed by atoms with Gasteiger partial charge in [0.15, 0.2) is 5.76 Å². The fraction of sp³-hybridized carbons (Fsp3) is 0.357. The highest BCUT2D eigenvalue weighted by Crippen LogP contribution is 2.33. The maximum atomic E-state index is 6.21. The van der Waals surface area contributed by atoms with Gasteiger partial charge in [-0.1, -0.05) is 42.2 Å². The van der Waals surface area contributed by atoms with E-state index in [1.54, 1.807) is 18.3 Å². The van der Waals surface area contributed by atoms with Crippen LogP contribution in [0.1, 0.15) is 25.2 Å². The third-order valence-electron chi connectivity index (χ3n) is 2.64. The first-order chi connectivity index (χ1) is 9.56. The van der Waals surface area contributed by atoms with Gasteiger partial charge in [-0.3, -0.25) is 0 Å². The number of nitrogens with one attached hydrogen (secondary N) is 1. The molecule has 0 unspecified atom stereocenters. The summed E-state index contributed by atoms with van der Waals surface area (Å²) in [5.74, 6) is 1.25. The van der Waals surface area contributed by atoms with Crippen molar-refractivity contribution in [3.8, 4) is 5.75 Å². The van der Waals surface area contributed by atoms with Crippen molar-refractivity contribution in [2.24, 2.45) is 0 Å². The van der Waals surface area contributed by atoms with Crippen LogP contribution in [0.5, 0.6) is 5.75 Å². The Kier molecular flexibility index (Phi) is 5.29. The first-order valence-corrected chi connectivity index (χ1v) is 7.05. The molecule has 108 valence electrons. The molecule has 1 aromatic carbocycles. The predicted molar refractivity (Wildman–Crippen MR) is 79.3 cm³/mol. The van der Waals surface area contributed by atoms with Crippen molar-refractivity contribution in [1.82, 2.24) is 10.5 Å². The quantitative estimate of drug-likeness (QED) is 0.873. The minimum Gasteiger partial charge on any atom is -0.484 e. The number of ether oxygens (including phenoxy) is 1. The summed E-state index contributed by atoms with van der Waals surface area (Å²) < 4.78 is 10.7. The number of aromatic nitrogens is 1. The fourth-order valence-corrected chi connectivity index (χ4v) is 2.27. The van der Waals surface area contributed by atoms with Gasteiger partial charge in [0.2, 0.25) is 0 Å². The lowest BCUT2D eigenvalue weighted by molar-refractivity contribution is 0.247. The molecule has 0 amide bonds. The van der Waals surface area contributed by atoms with Gasteiger partial charge in [0.1, 0.15) is 12.4 Å². The Morgan fingerprint density at radius 1 is 1.35 bits per heavy atom. The molecule has 1 N–H and O–H groups in total. The second kappa shape index (κ2) is 6.97. The number of hydrogen-bond donors (Lipinski definition) is 1. The zero-order chi connectivity index (χ0) is 14.5. The Balaban J connectivity index is 2.16. The SMILES string of the molecule is CC(C)NCc1cc(Cl)cc(Cl)c1OCc1ccno1. The van der Waals surface area contributed by atoms with Gasteiger partial charge in [0.05, 0.1) is 11.2 Å². The lowest BCUT2D eigenvalue weighted by Crippen LogP contribution is -2.22. The molecule has 0 bridgehead atoms. The van der Waals surface area contributed by atoms with Crippen LogP contribution in [0.3, 0.4) is 0 Å². The van der Waals surface area contributed by atoms with E-state index in [9.17, 15) is 0 Å². The molecule has 0 atom stereocenters. The largest absolute Gasteiger partial charge is 0.484 e. The van der Waals surface area contributed by atoms with E-state index in [2.05, 4.69) is 24.3 Å². The molecule has 20 heavy (non-hydrogen) atoms. The van der Waals surface area contributed by atoms with Crippen molar-refractivity contribution in [2.45, 2.75) is 33.0 Å². The summed E-state index contributed by atoms with van der Waals surface area (Å²) in [7, 11) is 0. The lowest BCUT2D eigenvalue weighted by atomic mass is 10.2. The third kappa shape index (κ3) is 4.13. The smallest absolute Gasteiger partial charge is 0.174 e. The molecule has 6 heteroatoms. The Bertz CT molecular complexity index is 557. The lowest BCUT2D eigenvalue weighted by Gasteiger charge is -2.15. The van der Waals surface area contributed by atoms with Gasteiger partial charge in [0.25, 0.3) is 0 Å². The van der Waals surface area contributed by atoms with E-state index in [1.807, 2.05) is 6.07 Å². The summed E-state index contributed by atoms with van der Waals surface area (Å²) in [5.41, 5.74) is 0.913. The molecule has 0 aliphatic heterocycles. The molecular formula is C14H16Cl2N2O2. The molecule has 0 spiro atoms. The minimum absolute atomic E-state index is 0.274. The average Bonchev–Trinajstić information content (AvgIpc) is 2.88. The highest BCUT2D eigenvalue weighted by molar-refractivity contribution is 6.35. The van der Waals surface area contributed by atoms with Crippen molar-refractivity contribution < 1.29 is 9.26 Å². The summed E-state index contributed by atoms with van der Waals surface area (Å²) in [6.07, 6.45) is 1.57. The van der Waals surface area contributed by atoms with E-state index in [1.165, 1.54) is 0 Å². The number of benzene rings is 1. The first-order valence-electron chi connectivity index (χ1n) is 6.30. The molecule has 2 rings (SSSR count). The molecule has 4 nitrogen and oxygen atoms in total. The van der Waals surface area contributed by atoms with Crippen LogP contribution in [0.4, 0.5) is 0 Å². The van der Waals surface area contributed by atoms with Crippen molar-refractivity contribution in [2.75, 3.05) is 0 Å². The van der Waals surface area contributed by atoms with Crippen LogP contribution in [-0.2, 0) is 13.2 Å². The van der Waals surface area contributed by atoms with Gasteiger partial charge >= 0.3 is 0 Å². The van der Waals surface area contributed by atoms with Crippen molar-refractivity contribution in [3.05, 3.63) is 45.8 Å². The van der Waals surface area contributed by atoms with E-state index >= 15 is 0 Å². The third-order valence-corrected chi connectivity index (χ3v) is 3.14. The molecule has 0 saturated carbocycles. The number of nitrogens with zero attached hydrogens (tertiary/aromatic N) is 1. The number of hydrogen-bond acceptors (Lipinski definition) is 4. The average molecular weight is 315 g/mol. The minimum atomic E-state index is 0.274. The maximum absolute atomic E-state index is 6.21. The van der Waals surface area contributed by atoms with Gasteiger partial charge in [-0.2, -0.15) is 0 Å². The Morgan fingerprint density at radius 2 is 2.15 bits per heavy atom. The summed E-state index contributed by atoms with van der Waals surface area (Å²) in [6, 6.07) is 5.61. The summed E-state index contributed by atoms with van der Waals surface area (Å²) in [4.78, 5) is 0. The predicted octanol–water partition coefficient (Wildman–Crippen LogP) is 4.06. The van der Waals surface area contributed by atoms with E-state index < -0.39 is 0 Å². The van der Waals surface area contributed by atoms with Crippen molar-refractivity contribution in [3.63, 3.8) is 0 Å². The maximum Gasteiger partial charge on any atom is 0.174 e. The Morgan fingerprint density at radius 3 is 2.80 bits per heavy atom. The van der Waals surface area contributed by atoms with E-state index in [-0.39, 0.29) is 6.61 Å².